The maximum absolute atomic E-state index is 12.7. The molecule has 0 aliphatic carbocycles. The summed E-state index contributed by atoms with van der Waals surface area (Å²) in [6.45, 7) is -0.0986. The molecule has 2 N–H and O–H groups in total. The first-order chi connectivity index (χ1) is 9.67. The predicted octanol–water partition coefficient (Wildman–Crippen LogP) is 0.743. The zero-order valence-electron chi connectivity index (χ0n) is 10.7. The number of aromatic hydroxyl groups is 1. The first kappa shape index (κ1) is 15.2. The highest BCUT2D eigenvalue weighted by atomic mass is 32.3. The fraction of sp³-hybridized carbons (Fsp3) is 0.333. The molecule has 1 fully saturated rings. The smallest absolute Gasteiger partial charge is 0.335 e. The molecule has 1 saturated heterocycles. The first-order valence-corrected chi connectivity index (χ1v) is 7.51. The Hall–Kier alpha value is -2.16. The number of benzene rings is 1. The van der Waals surface area contributed by atoms with Gasteiger partial charge in [0.15, 0.2) is 0 Å². The molecule has 1 aliphatic heterocycles. The Kier molecular flexibility index (Phi) is 3.86. The number of hydrogen-bond donors (Lipinski definition) is 2. The van der Waals surface area contributed by atoms with Crippen LogP contribution in [0.4, 0.5) is 9.57 Å². The molecule has 7 nitrogen and oxygen atoms in total. The number of aromatic carboxylic acids is 1. The molecule has 1 atom stereocenters. The number of rotatable bonds is 4. The van der Waals surface area contributed by atoms with E-state index in [1.165, 1.54) is 6.07 Å². The molecule has 21 heavy (non-hydrogen) atoms. The SMILES string of the molecule is O=C(O)c1ccc(O)c(N2CC(CS(=O)(=O)F)CC2=O)c1. The molecular weight excluding hydrogens is 305 g/mol. The summed E-state index contributed by atoms with van der Waals surface area (Å²) < 4.78 is 33.9. The highest BCUT2D eigenvalue weighted by Gasteiger charge is 2.35. The number of carbonyl (C=O) groups excluding carboxylic acids is 1. The van der Waals surface area contributed by atoms with E-state index in [9.17, 15) is 27.0 Å². The van der Waals surface area contributed by atoms with Crippen molar-refractivity contribution in [1.82, 2.24) is 0 Å². The summed E-state index contributed by atoms with van der Waals surface area (Å²) in [5, 5.41) is 18.6. The molecular formula is C12H12FNO6S. The van der Waals surface area contributed by atoms with Crippen molar-refractivity contribution in [2.24, 2.45) is 5.92 Å². The molecule has 1 aromatic rings. The van der Waals surface area contributed by atoms with Crippen LogP contribution < -0.4 is 4.90 Å². The molecule has 1 aliphatic rings. The van der Waals surface area contributed by atoms with Gasteiger partial charge in [-0.2, -0.15) is 8.42 Å². The highest BCUT2D eigenvalue weighted by molar-refractivity contribution is 7.86. The van der Waals surface area contributed by atoms with Crippen molar-refractivity contribution in [2.75, 3.05) is 17.2 Å². The fourth-order valence-corrected chi connectivity index (χ4v) is 3.07. The third-order valence-electron chi connectivity index (χ3n) is 3.15. The number of phenolic OH excluding ortho intramolecular Hbond substituents is 1. The summed E-state index contributed by atoms with van der Waals surface area (Å²) >= 11 is 0. The van der Waals surface area contributed by atoms with E-state index in [-0.39, 0.29) is 30.0 Å². The number of halogens is 1. The summed E-state index contributed by atoms with van der Waals surface area (Å²) in [7, 11) is -4.70. The van der Waals surface area contributed by atoms with Crippen LogP contribution in [-0.2, 0) is 15.0 Å². The number of amides is 1. The van der Waals surface area contributed by atoms with Crippen LogP contribution in [0.2, 0.25) is 0 Å². The van der Waals surface area contributed by atoms with Crippen LogP contribution in [-0.4, -0.2) is 42.8 Å². The lowest BCUT2D eigenvalue weighted by molar-refractivity contribution is -0.117. The number of hydrogen-bond acceptors (Lipinski definition) is 5. The van der Waals surface area contributed by atoms with Gasteiger partial charge in [-0.3, -0.25) is 4.79 Å². The van der Waals surface area contributed by atoms with Gasteiger partial charge in [-0.15, -0.1) is 3.89 Å². The van der Waals surface area contributed by atoms with E-state index >= 15 is 0 Å². The van der Waals surface area contributed by atoms with E-state index in [1.807, 2.05) is 0 Å². The lowest BCUT2D eigenvalue weighted by atomic mass is 10.1. The summed E-state index contributed by atoms with van der Waals surface area (Å²) in [5.74, 6) is -3.56. The highest BCUT2D eigenvalue weighted by Crippen LogP contribution is 2.33. The molecule has 0 spiro atoms. The normalized spacial score (nSPS) is 19.0. The Morgan fingerprint density at radius 1 is 1.43 bits per heavy atom. The monoisotopic (exact) mass is 317 g/mol. The zero-order chi connectivity index (χ0) is 15.8. The van der Waals surface area contributed by atoms with Crippen LogP contribution in [0, 0.1) is 5.92 Å². The van der Waals surface area contributed by atoms with Gasteiger partial charge in [-0.25, -0.2) is 4.79 Å². The number of nitrogens with zero attached hydrogens (tertiary/aromatic N) is 1. The molecule has 0 radical (unpaired) electrons. The molecule has 1 unspecified atom stereocenters. The van der Waals surface area contributed by atoms with Gasteiger partial charge < -0.3 is 15.1 Å². The number of anilines is 1. The average molecular weight is 317 g/mol. The Balaban J connectivity index is 2.28. The Bertz CT molecular complexity index is 702. The van der Waals surface area contributed by atoms with Crippen LogP contribution in [0.1, 0.15) is 16.8 Å². The van der Waals surface area contributed by atoms with Gasteiger partial charge in [0, 0.05) is 18.9 Å². The van der Waals surface area contributed by atoms with E-state index in [0.717, 1.165) is 17.0 Å². The van der Waals surface area contributed by atoms with Gasteiger partial charge in [0.25, 0.3) is 0 Å². The summed E-state index contributed by atoms with van der Waals surface area (Å²) in [5.41, 5.74) is -0.157. The Morgan fingerprint density at radius 3 is 2.67 bits per heavy atom. The summed E-state index contributed by atoms with van der Waals surface area (Å²) in [6.07, 6.45) is -0.181. The second-order valence-electron chi connectivity index (χ2n) is 4.79. The Labute approximate surface area is 119 Å². The maximum Gasteiger partial charge on any atom is 0.335 e. The van der Waals surface area contributed by atoms with Gasteiger partial charge in [-0.1, -0.05) is 0 Å². The van der Waals surface area contributed by atoms with Gasteiger partial charge in [-0.05, 0) is 18.2 Å². The quantitative estimate of drug-likeness (QED) is 0.792. The lowest BCUT2D eigenvalue weighted by Crippen LogP contribution is -2.25. The molecule has 0 aromatic heterocycles. The molecule has 1 amide bonds. The van der Waals surface area contributed by atoms with Crippen LogP contribution >= 0.6 is 0 Å². The van der Waals surface area contributed by atoms with Crippen LogP contribution in [0.5, 0.6) is 5.75 Å². The third kappa shape index (κ3) is 3.48. The fourth-order valence-electron chi connectivity index (χ4n) is 2.28. The van der Waals surface area contributed by atoms with Crippen molar-refractivity contribution < 1.29 is 32.1 Å². The van der Waals surface area contributed by atoms with Gasteiger partial charge in [0.1, 0.15) is 5.75 Å². The van der Waals surface area contributed by atoms with E-state index < -0.39 is 33.8 Å². The number of carboxylic acids is 1. The lowest BCUT2D eigenvalue weighted by Gasteiger charge is -2.18. The summed E-state index contributed by atoms with van der Waals surface area (Å²) in [6, 6.07) is 3.42. The van der Waals surface area contributed by atoms with Gasteiger partial charge in [0.2, 0.25) is 5.91 Å². The van der Waals surface area contributed by atoms with Gasteiger partial charge >= 0.3 is 16.2 Å². The molecule has 0 bridgehead atoms. The molecule has 2 rings (SSSR count). The zero-order valence-corrected chi connectivity index (χ0v) is 11.5. The Morgan fingerprint density at radius 2 is 2.10 bits per heavy atom. The van der Waals surface area contributed by atoms with E-state index in [0.29, 0.717) is 0 Å². The van der Waals surface area contributed by atoms with Crippen LogP contribution in [0.25, 0.3) is 0 Å². The topological polar surface area (TPSA) is 112 Å². The number of carbonyl (C=O) groups is 2. The van der Waals surface area contributed by atoms with E-state index in [1.54, 1.807) is 0 Å². The largest absolute Gasteiger partial charge is 0.506 e. The van der Waals surface area contributed by atoms with E-state index in [4.69, 9.17) is 5.11 Å². The van der Waals surface area contributed by atoms with Crippen molar-refractivity contribution in [3.63, 3.8) is 0 Å². The number of phenols is 1. The number of carboxylic acid groups (broad SMARTS) is 1. The molecule has 114 valence electrons. The van der Waals surface area contributed by atoms with Crippen molar-refractivity contribution in [2.45, 2.75) is 6.42 Å². The molecule has 0 saturated carbocycles. The second-order valence-corrected chi connectivity index (χ2v) is 6.20. The molecule has 1 heterocycles. The van der Waals surface area contributed by atoms with Gasteiger partial charge in [0.05, 0.1) is 17.0 Å². The van der Waals surface area contributed by atoms with Crippen molar-refractivity contribution >= 4 is 27.8 Å². The summed E-state index contributed by atoms with van der Waals surface area (Å²) in [4.78, 5) is 23.8. The first-order valence-electron chi connectivity index (χ1n) is 5.96. The minimum Gasteiger partial charge on any atom is -0.506 e. The van der Waals surface area contributed by atoms with Crippen LogP contribution in [0.3, 0.4) is 0 Å². The molecule has 9 heteroatoms. The van der Waals surface area contributed by atoms with Crippen LogP contribution in [0.15, 0.2) is 18.2 Å². The minimum absolute atomic E-state index is 0.0290. The molecule has 1 aromatic carbocycles. The standard InChI is InChI=1S/C12H12FNO6S/c13-21(19,20)6-7-3-11(16)14(5-7)9-4-8(12(17)18)1-2-10(9)15/h1-2,4,7,15H,3,5-6H2,(H,17,18). The third-order valence-corrected chi connectivity index (χ3v) is 4.02. The average Bonchev–Trinajstić information content (AvgIpc) is 2.67. The maximum atomic E-state index is 12.7. The minimum atomic E-state index is -4.70. The van der Waals surface area contributed by atoms with E-state index in [2.05, 4.69) is 0 Å². The van der Waals surface area contributed by atoms with Crippen molar-refractivity contribution in [3.05, 3.63) is 23.8 Å². The second kappa shape index (κ2) is 5.32. The van der Waals surface area contributed by atoms with Crippen molar-refractivity contribution in [3.8, 4) is 5.75 Å². The van der Waals surface area contributed by atoms with Crippen molar-refractivity contribution in [1.29, 1.82) is 0 Å². The predicted molar refractivity (Wildman–Crippen MR) is 70.4 cm³/mol.